The highest BCUT2D eigenvalue weighted by Gasteiger charge is 2.56. The smallest absolute Gasteiger partial charge is 0.367 e. The number of nitrogens with zero attached hydrogens (tertiary/aromatic N) is 2. The van der Waals surface area contributed by atoms with E-state index in [0.29, 0.717) is 30.4 Å². The molecule has 4 aliphatic rings. The van der Waals surface area contributed by atoms with Crippen LogP contribution in [0.4, 0.5) is 17.6 Å². The molecule has 3 unspecified atom stereocenters. The number of quaternary nitrogens is 1. The Bertz CT molecular complexity index is 780. The van der Waals surface area contributed by atoms with Gasteiger partial charge in [-0.2, -0.15) is 13.2 Å². The van der Waals surface area contributed by atoms with Crippen molar-refractivity contribution < 1.29 is 31.6 Å². The highest BCUT2D eigenvalue weighted by Crippen LogP contribution is 2.45. The zero-order valence-corrected chi connectivity index (χ0v) is 23.9. The minimum Gasteiger partial charge on any atom is -0.367 e. The number of ether oxygens (including phenoxy) is 1. The molecule has 1 spiro atoms. The van der Waals surface area contributed by atoms with Crippen LogP contribution in [0.3, 0.4) is 0 Å². The largest absolute Gasteiger partial charge is 0.391 e. The van der Waals surface area contributed by atoms with Gasteiger partial charge in [0.15, 0.2) is 12.4 Å². The van der Waals surface area contributed by atoms with E-state index in [-0.39, 0.29) is 30.7 Å². The second-order valence-electron chi connectivity index (χ2n) is 13.2. The number of carbonyl (C=O) groups excluding carboxylic acids is 1. The summed E-state index contributed by atoms with van der Waals surface area (Å²) in [5.74, 6) is -1.46. The number of hydrogen-bond acceptors (Lipinski definition) is 4. The fraction of sp³-hybridized carbons (Fsp3) is 0.966. The standard InChI is InChI=1S/C29H50F4N4O2/c1-20(2)18-24(26(34)38)39-27-25(30)28(37(19-35-27)16-7-5-3-4-6-8-17-37)36-15-9-10-23(36)21-11-13-22(14-12-21)29(31,32)33/h20-25,27-28,35H,3-19H2,1-2H3,(H-,34,38)/p+1/t21?,22?,23-,24-,25?,27?,28?/m1/s1. The van der Waals surface area contributed by atoms with E-state index in [2.05, 4.69) is 10.2 Å². The molecule has 1 aliphatic carbocycles. The van der Waals surface area contributed by atoms with E-state index >= 15 is 4.39 Å². The Labute approximate surface area is 231 Å². The molecule has 3 heterocycles. The maximum atomic E-state index is 16.9. The molecule has 1 amide bonds. The van der Waals surface area contributed by atoms with Gasteiger partial charge in [-0.3, -0.25) is 9.28 Å². The van der Waals surface area contributed by atoms with Crippen LogP contribution in [0.15, 0.2) is 0 Å². The number of likely N-dealkylation sites (tertiary alicyclic amines) is 1. The predicted molar refractivity (Wildman–Crippen MR) is 143 cm³/mol. The number of hydrogen-bond donors (Lipinski definition) is 2. The predicted octanol–water partition coefficient (Wildman–Crippen LogP) is 5.46. The molecule has 6 nitrogen and oxygen atoms in total. The van der Waals surface area contributed by atoms with Gasteiger partial charge in [0.2, 0.25) is 12.1 Å². The van der Waals surface area contributed by atoms with Crippen LogP contribution in [0, 0.1) is 17.8 Å². The summed E-state index contributed by atoms with van der Waals surface area (Å²) in [6.45, 7) is 7.03. The van der Waals surface area contributed by atoms with Crippen molar-refractivity contribution in [3.63, 3.8) is 0 Å². The Morgan fingerprint density at radius 1 is 1.00 bits per heavy atom. The second-order valence-corrected chi connectivity index (χ2v) is 13.2. The molecule has 0 bridgehead atoms. The van der Waals surface area contributed by atoms with Crippen molar-refractivity contribution in [3.05, 3.63) is 0 Å². The minimum atomic E-state index is -4.13. The van der Waals surface area contributed by atoms with Crippen molar-refractivity contribution in [1.29, 1.82) is 0 Å². The number of amides is 1. The molecule has 3 saturated heterocycles. The summed E-state index contributed by atoms with van der Waals surface area (Å²) >= 11 is 0. The summed E-state index contributed by atoms with van der Waals surface area (Å²) in [7, 11) is 0. The fourth-order valence-corrected chi connectivity index (χ4v) is 7.98. The zero-order chi connectivity index (χ0) is 28.2. The van der Waals surface area contributed by atoms with Crippen LogP contribution >= 0.6 is 0 Å². The summed E-state index contributed by atoms with van der Waals surface area (Å²) in [4.78, 5) is 14.5. The van der Waals surface area contributed by atoms with Crippen LogP contribution < -0.4 is 11.1 Å². The van der Waals surface area contributed by atoms with Crippen molar-refractivity contribution in [3.8, 4) is 0 Å². The van der Waals surface area contributed by atoms with Crippen molar-refractivity contribution in [1.82, 2.24) is 10.2 Å². The molecule has 226 valence electrons. The first-order chi connectivity index (χ1) is 18.5. The monoisotopic (exact) mass is 563 g/mol. The molecule has 0 aromatic rings. The third-order valence-corrected chi connectivity index (χ3v) is 9.97. The van der Waals surface area contributed by atoms with Gasteiger partial charge >= 0.3 is 6.18 Å². The Morgan fingerprint density at radius 3 is 2.18 bits per heavy atom. The van der Waals surface area contributed by atoms with Crippen LogP contribution in [0.5, 0.6) is 0 Å². The highest BCUT2D eigenvalue weighted by atomic mass is 19.4. The lowest BCUT2D eigenvalue weighted by Gasteiger charge is -2.55. The van der Waals surface area contributed by atoms with Gasteiger partial charge in [-0.05, 0) is 82.5 Å². The van der Waals surface area contributed by atoms with Gasteiger partial charge in [-0.15, -0.1) is 0 Å². The lowest BCUT2D eigenvalue weighted by Crippen LogP contribution is -2.77. The molecule has 0 aromatic heterocycles. The summed E-state index contributed by atoms with van der Waals surface area (Å²) < 4.78 is 63.7. The normalized spacial score (nSPS) is 35.9. The molecule has 1 saturated carbocycles. The van der Waals surface area contributed by atoms with Crippen LogP contribution in [-0.4, -0.2) is 78.5 Å². The molecule has 39 heavy (non-hydrogen) atoms. The SMILES string of the molecule is CC(C)C[C@@H](OC1NC[N+]2(CCCCCCCC2)C(N2CCC[C@@H]2C2CCC(C(F)(F)F)CC2)C1F)C(N)=O. The number of nitrogens with one attached hydrogen (secondary N) is 1. The Hall–Kier alpha value is -0.970. The van der Waals surface area contributed by atoms with Gasteiger partial charge in [-0.1, -0.05) is 26.7 Å². The van der Waals surface area contributed by atoms with E-state index in [4.69, 9.17) is 10.5 Å². The first-order valence-corrected chi connectivity index (χ1v) is 15.5. The Balaban J connectivity index is 1.58. The fourth-order valence-electron chi connectivity index (χ4n) is 7.98. The number of halogens is 4. The van der Waals surface area contributed by atoms with Gasteiger partial charge in [-0.25, -0.2) is 14.6 Å². The van der Waals surface area contributed by atoms with Crippen molar-refractivity contribution >= 4 is 5.91 Å². The van der Waals surface area contributed by atoms with Crippen LogP contribution in [0.25, 0.3) is 0 Å². The number of nitrogens with two attached hydrogens (primary N) is 1. The van der Waals surface area contributed by atoms with Crippen molar-refractivity contribution in [2.45, 2.75) is 134 Å². The number of carbonyl (C=O) groups is 1. The van der Waals surface area contributed by atoms with E-state index in [1.165, 1.54) is 12.8 Å². The number of alkyl halides is 4. The molecular formula is C29H51F4N4O2+. The third kappa shape index (κ3) is 7.46. The molecule has 3 N–H and O–H groups in total. The summed E-state index contributed by atoms with van der Waals surface area (Å²) in [6, 6.07) is 0.0893. The van der Waals surface area contributed by atoms with Crippen molar-refractivity contribution in [2.75, 3.05) is 26.3 Å². The van der Waals surface area contributed by atoms with Crippen molar-refractivity contribution in [2.24, 2.45) is 23.5 Å². The average molecular weight is 564 g/mol. The molecule has 4 fully saturated rings. The molecule has 5 atom stereocenters. The number of rotatable bonds is 7. The highest BCUT2D eigenvalue weighted by molar-refractivity contribution is 5.78. The van der Waals surface area contributed by atoms with E-state index in [0.717, 1.165) is 58.2 Å². The quantitative estimate of drug-likeness (QED) is 0.319. The van der Waals surface area contributed by atoms with Gasteiger partial charge < -0.3 is 10.5 Å². The minimum absolute atomic E-state index is 0.0893. The topological polar surface area (TPSA) is 67.6 Å². The van der Waals surface area contributed by atoms with Crippen LogP contribution in [-0.2, 0) is 9.53 Å². The molecule has 3 aliphatic heterocycles. The molecule has 4 rings (SSSR count). The maximum absolute atomic E-state index is 16.9. The number of primary amides is 1. The summed E-state index contributed by atoms with van der Waals surface area (Å²) in [5, 5.41) is 3.34. The first kappa shape index (κ1) is 31.0. The van der Waals surface area contributed by atoms with Gasteiger partial charge in [0.1, 0.15) is 12.8 Å². The molecule has 0 radical (unpaired) electrons. The molecule has 0 aromatic carbocycles. The lowest BCUT2D eigenvalue weighted by molar-refractivity contribution is -0.974. The van der Waals surface area contributed by atoms with E-state index < -0.39 is 42.7 Å². The van der Waals surface area contributed by atoms with Gasteiger partial charge in [0.05, 0.1) is 19.0 Å². The molecule has 10 heteroatoms. The maximum Gasteiger partial charge on any atom is 0.391 e. The van der Waals surface area contributed by atoms with Gasteiger partial charge in [0.25, 0.3) is 0 Å². The second kappa shape index (κ2) is 13.3. The first-order valence-electron chi connectivity index (χ1n) is 15.5. The van der Waals surface area contributed by atoms with Crippen LogP contribution in [0.2, 0.25) is 0 Å². The Morgan fingerprint density at radius 2 is 1.62 bits per heavy atom. The zero-order valence-electron chi connectivity index (χ0n) is 23.9. The Kier molecular flexibility index (Phi) is 10.6. The van der Waals surface area contributed by atoms with Crippen LogP contribution in [0.1, 0.15) is 97.3 Å². The third-order valence-electron chi connectivity index (χ3n) is 9.97. The van der Waals surface area contributed by atoms with Gasteiger partial charge in [0, 0.05) is 12.6 Å². The summed E-state index contributed by atoms with van der Waals surface area (Å²) in [5.41, 5.74) is 5.65. The van der Waals surface area contributed by atoms with E-state index in [9.17, 15) is 18.0 Å². The van der Waals surface area contributed by atoms with E-state index in [1.54, 1.807) is 0 Å². The lowest BCUT2D eigenvalue weighted by atomic mass is 9.77. The van der Waals surface area contributed by atoms with E-state index in [1.807, 2.05) is 13.8 Å². The summed E-state index contributed by atoms with van der Waals surface area (Å²) in [6.07, 6.45) is 2.69. The molecular weight excluding hydrogens is 512 g/mol. The average Bonchev–Trinajstić information content (AvgIpc) is 3.38.